The summed E-state index contributed by atoms with van der Waals surface area (Å²) in [6.07, 6.45) is 4.62. The smallest absolute Gasteiger partial charge is 0.140 e. The van der Waals surface area contributed by atoms with Crippen LogP contribution in [-0.2, 0) is 7.05 Å². The van der Waals surface area contributed by atoms with Crippen LogP contribution in [0.4, 0.5) is 0 Å². The van der Waals surface area contributed by atoms with Crippen molar-refractivity contribution in [3.05, 3.63) is 18.2 Å². The number of nitriles is 1. The Labute approximate surface area is 95.7 Å². The van der Waals surface area contributed by atoms with Crippen molar-refractivity contribution < 1.29 is 0 Å². The lowest BCUT2D eigenvalue weighted by Crippen LogP contribution is -2.32. The predicted octanol–water partition coefficient (Wildman–Crippen LogP) is 0.280. The van der Waals surface area contributed by atoms with Crippen LogP contribution in [0.3, 0.4) is 0 Å². The van der Waals surface area contributed by atoms with Crippen LogP contribution in [0.15, 0.2) is 12.5 Å². The summed E-state index contributed by atoms with van der Waals surface area (Å²) in [5, 5.41) is 12.7. The number of aryl methyl sites for hydroxylation is 1. The van der Waals surface area contributed by atoms with Crippen LogP contribution in [0, 0.1) is 11.3 Å². The molecule has 1 saturated heterocycles. The molecule has 1 fully saturated rings. The molecule has 0 aliphatic carbocycles. The zero-order valence-corrected chi connectivity index (χ0v) is 9.56. The van der Waals surface area contributed by atoms with E-state index in [-0.39, 0.29) is 6.04 Å². The van der Waals surface area contributed by atoms with Crippen molar-refractivity contribution in [3.63, 3.8) is 0 Å². The minimum atomic E-state index is -0.174. The maximum atomic E-state index is 9.31. The van der Waals surface area contributed by atoms with E-state index in [2.05, 4.69) is 21.3 Å². The molecule has 1 aliphatic rings. The SMILES string of the molecule is Cn1cncc1C(C#N)N1CCCNCC1. The molecule has 2 heterocycles. The van der Waals surface area contributed by atoms with E-state index in [1.54, 1.807) is 12.5 Å². The summed E-state index contributed by atoms with van der Waals surface area (Å²) in [5.74, 6) is 0. The molecule has 1 aromatic heterocycles. The molecule has 86 valence electrons. The molecule has 2 rings (SSSR count). The largest absolute Gasteiger partial charge is 0.335 e. The van der Waals surface area contributed by atoms with Crippen LogP contribution in [0.25, 0.3) is 0 Å². The Morgan fingerprint density at radius 2 is 2.38 bits per heavy atom. The van der Waals surface area contributed by atoms with E-state index in [0.717, 1.165) is 38.3 Å². The normalized spacial score (nSPS) is 20.0. The summed E-state index contributed by atoms with van der Waals surface area (Å²) in [6, 6.07) is 2.21. The summed E-state index contributed by atoms with van der Waals surface area (Å²) in [6.45, 7) is 3.88. The van der Waals surface area contributed by atoms with Gasteiger partial charge in [0.05, 0.1) is 24.3 Å². The molecule has 0 saturated carbocycles. The van der Waals surface area contributed by atoms with E-state index < -0.39 is 0 Å². The van der Waals surface area contributed by atoms with Crippen LogP contribution < -0.4 is 5.32 Å². The van der Waals surface area contributed by atoms with Crippen molar-refractivity contribution in [2.75, 3.05) is 26.2 Å². The van der Waals surface area contributed by atoms with Crippen molar-refractivity contribution >= 4 is 0 Å². The molecule has 1 unspecified atom stereocenters. The maximum Gasteiger partial charge on any atom is 0.140 e. The van der Waals surface area contributed by atoms with Crippen molar-refractivity contribution in [1.82, 2.24) is 19.8 Å². The number of imidazole rings is 1. The van der Waals surface area contributed by atoms with Crippen molar-refractivity contribution in [3.8, 4) is 6.07 Å². The van der Waals surface area contributed by atoms with Crippen LogP contribution in [-0.4, -0.2) is 40.6 Å². The Morgan fingerprint density at radius 1 is 1.50 bits per heavy atom. The minimum Gasteiger partial charge on any atom is -0.335 e. The maximum absolute atomic E-state index is 9.31. The van der Waals surface area contributed by atoms with Gasteiger partial charge in [0.1, 0.15) is 6.04 Å². The molecule has 1 aromatic rings. The average Bonchev–Trinajstić information content (AvgIpc) is 2.57. The second kappa shape index (κ2) is 5.10. The van der Waals surface area contributed by atoms with Crippen LogP contribution in [0.1, 0.15) is 18.2 Å². The van der Waals surface area contributed by atoms with Gasteiger partial charge in [0, 0.05) is 26.7 Å². The fraction of sp³-hybridized carbons (Fsp3) is 0.636. The van der Waals surface area contributed by atoms with Gasteiger partial charge in [-0.3, -0.25) is 4.90 Å². The Bertz CT molecular complexity index is 370. The van der Waals surface area contributed by atoms with Gasteiger partial charge in [0.25, 0.3) is 0 Å². The highest BCUT2D eigenvalue weighted by atomic mass is 15.2. The highest BCUT2D eigenvalue weighted by Gasteiger charge is 2.22. The third kappa shape index (κ3) is 2.23. The fourth-order valence-corrected chi connectivity index (χ4v) is 2.09. The van der Waals surface area contributed by atoms with Crippen LogP contribution in [0.5, 0.6) is 0 Å². The molecule has 0 amide bonds. The lowest BCUT2D eigenvalue weighted by atomic mass is 10.2. The Morgan fingerprint density at radius 3 is 3.06 bits per heavy atom. The molecule has 0 radical (unpaired) electrons. The predicted molar refractivity (Wildman–Crippen MR) is 60.6 cm³/mol. The van der Waals surface area contributed by atoms with Gasteiger partial charge in [-0.15, -0.1) is 0 Å². The number of nitrogens with one attached hydrogen (secondary N) is 1. The second-order valence-corrected chi connectivity index (χ2v) is 4.10. The van der Waals surface area contributed by atoms with E-state index in [9.17, 15) is 5.26 Å². The zero-order valence-electron chi connectivity index (χ0n) is 9.56. The van der Waals surface area contributed by atoms with Gasteiger partial charge in [0.2, 0.25) is 0 Å². The van der Waals surface area contributed by atoms with E-state index >= 15 is 0 Å². The molecule has 5 heteroatoms. The molecule has 0 spiro atoms. The molecular weight excluding hydrogens is 202 g/mol. The summed E-state index contributed by atoms with van der Waals surface area (Å²) in [4.78, 5) is 6.30. The van der Waals surface area contributed by atoms with Crippen LogP contribution in [0.2, 0.25) is 0 Å². The highest BCUT2D eigenvalue weighted by molar-refractivity contribution is 5.14. The summed E-state index contributed by atoms with van der Waals surface area (Å²) < 4.78 is 1.92. The van der Waals surface area contributed by atoms with E-state index in [1.807, 2.05) is 11.6 Å². The number of rotatable bonds is 2. The first-order chi connectivity index (χ1) is 7.83. The molecule has 0 bridgehead atoms. The fourth-order valence-electron chi connectivity index (χ4n) is 2.09. The Hall–Kier alpha value is -1.38. The van der Waals surface area contributed by atoms with Gasteiger partial charge in [-0.1, -0.05) is 0 Å². The van der Waals surface area contributed by atoms with Gasteiger partial charge in [0.15, 0.2) is 0 Å². The quantitative estimate of drug-likeness (QED) is 0.776. The van der Waals surface area contributed by atoms with Crippen molar-refractivity contribution in [1.29, 1.82) is 5.26 Å². The summed E-state index contributed by atoms with van der Waals surface area (Å²) in [5.41, 5.74) is 0.976. The molecule has 16 heavy (non-hydrogen) atoms. The van der Waals surface area contributed by atoms with Gasteiger partial charge < -0.3 is 9.88 Å². The standard InChI is InChI=1S/C11H17N5/c1-15-9-14-8-11(15)10(7-12)16-5-2-3-13-4-6-16/h8-10,13H,2-6H2,1H3. The third-order valence-electron chi connectivity index (χ3n) is 3.00. The first kappa shape index (κ1) is 11.1. The van der Waals surface area contributed by atoms with Gasteiger partial charge in [-0.2, -0.15) is 5.26 Å². The molecule has 5 nitrogen and oxygen atoms in total. The van der Waals surface area contributed by atoms with E-state index in [1.165, 1.54) is 0 Å². The topological polar surface area (TPSA) is 56.9 Å². The zero-order chi connectivity index (χ0) is 11.4. The molecule has 0 aromatic carbocycles. The van der Waals surface area contributed by atoms with Crippen molar-refractivity contribution in [2.24, 2.45) is 7.05 Å². The number of hydrogen-bond donors (Lipinski definition) is 1. The molecule has 1 aliphatic heterocycles. The average molecular weight is 219 g/mol. The van der Waals surface area contributed by atoms with Gasteiger partial charge >= 0.3 is 0 Å². The first-order valence-electron chi connectivity index (χ1n) is 5.63. The van der Waals surface area contributed by atoms with Gasteiger partial charge in [-0.25, -0.2) is 4.98 Å². The number of hydrogen-bond acceptors (Lipinski definition) is 4. The van der Waals surface area contributed by atoms with Crippen molar-refractivity contribution in [2.45, 2.75) is 12.5 Å². The lowest BCUT2D eigenvalue weighted by molar-refractivity contribution is 0.246. The summed E-state index contributed by atoms with van der Waals surface area (Å²) in [7, 11) is 1.93. The first-order valence-corrected chi connectivity index (χ1v) is 5.63. The van der Waals surface area contributed by atoms with Crippen LogP contribution >= 0.6 is 0 Å². The van der Waals surface area contributed by atoms with E-state index in [4.69, 9.17) is 0 Å². The Kier molecular flexibility index (Phi) is 3.54. The third-order valence-corrected chi connectivity index (χ3v) is 3.00. The van der Waals surface area contributed by atoms with Gasteiger partial charge in [-0.05, 0) is 13.0 Å². The Balaban J connectivity index is 2.16. The minimum absolute atomic E-state index is 0.174. The van der Waals surface area contributed by atoms with E-state index in [0.29, 0.717) is 0 Å². The summed E-state index contributed by atoms with van der Waals surface area (Å²) >= 11 is 0. The molecule has 1 N–H and O–H groups in total. The monoisotopic (exact) mass is 219 g/mol. The molecular formula is C11H17N5. The number of nitrogens with zero attached hydrogens (tertiary/aromatic N) is 4. The molecule has 1 atom stereocenters. The lowest BCUT2D eigenvalue weighted by Gasteiger charge is -2.24. The second-order valence-electron chi connectivity index (χ2n) is 4.10. The highest BCUT2D eigenvalue weighted by Crippen LogP contribution is 2.19. The number of aromatic nitrogens is 2.